The van der Waals surface area contributed by atoms with Gasteiger partial charge in [0.15, 0.2) is 0 Å². The minimum absolute atomic E-state index is 0.455. The smallest absolute Gasteiger partial charge is 0.107 e. The van der Waals surface area contributed by atoms with Gasteiger partial charge in [-0.1, -0.05) is 31.4 Å². The molecule has 3 rings (SSSR count). The Labute approximate surface area is 146 Å². The van der Waals surface area contributed by atoms with Crippen LogP contribution in [0.2, 0.25) is 0 Å². The number of benzene rings is 1. The Morgan fingerprint density at radius 2 is 2.04 bits per heavy atom. The number of rotatable bonds is 6. The molecule has 0 amide bonds. The number of nitrogens with two attached hydrogens (primary N) is 1. The number of nitrogens with zero attached hydrogens (tertiary/aromatic N) is 1. The fourth-order valence-electron chi connectivity index (χ4n) is 3.73. The van der Waals surface area contributed by atoms with Crippen molar-refractivity contribution in [3.63, 3.8) is 0 Å². The molecule has 0 unspecified atom stereocenters. The van der Waals surface area contributed by atoms with Crippen molar-refractivity contribution in [2.24, 2.45) is 5.73 Å². The van der Waals surface area contributed by atoms with E-state index in [0.717, 1.165) is 12.1 Å². The monoisotopic (exact) mass is 380 g/mol. The van der Waals surface area contributed by atoms with Crippen LogP contribution < -0.4 is 5.73 Å². The average molecular weight is 381 g/mol. The summed E-state index contributed by atoms with van der Waals surface area (Å²) in [4.78, 5) is 9.80. The number of fused-ring (bicyclic) bond motifs is 1. The van der Waals surface area contributed by atoms with Crippen LogP contribution in [0.15, 0.2) is 22.8 Å². The minimum Gasteiger partial charge on any atom is -0.334 e. The molecule has 1 heterocycles. The molecule has 0 radical (unpaired) electrons. The van der Waals surface area contributed by atoms with Gasteiger partial charge in [-0.2, -0.15) is 0 Å². The van der Waals surface area contributed by atoms with Gasteiger partial charge in [-0.25, -0.2) is 9.78 Å². The zero-order chi connectivity index (χ0) is 16.2. The Kier molecular flexibility index (Phi) is 5.75. The number of hydrogen-bond donors (Lipinski definition) is 1. The van der Waals surface area contributed by atoms with Crippen LogP contribution in [-0.4, -0.2) is 18.2 Å². The molecule has 2 aromatic rings. The first-order chi connectivity index (χ1) is 11.3. The molecule has 4 nitrogen and oxygen atoms in total. The molecule has 2 N–H and O–H groups in total. The van der Waals surface area contributed by atoms with Crippen LogP contribution >= 0.6 is 15.9 Å². The predicted octanol–water partition coefficient (Wildman–Crippen LogP) is 4.49. The lowest BCUT2D eigenvalue weighted by Gasteiger charge is -2.22. The minimum atomic E-state index is 0.455. The van der Waals surface area contributed by atoms with E-state index in [-0.39, 0.29) is 0 Å². The summed E-state index contributed by atoms with van der Waals surface area (Å²) in [5, 5.41) is 1.35. The van der Waals surface area contributed by atoms with Crippen LogP contribution in [0, 0.1) is 0 Å². The summed E-state index contributed by atoms with van der Waals surface area (Å²) in [5.74, 6) is 0.653. The molecule has 0 spiro atoms. The Morgan fingerprint density at radius 1 is 1.26 bits per heavy atom. The van der Waals surface area contributed by atoms with E-state index < -0.39 is 0 Å². The first kappa shape index (κ1) is 17.0. The van der Waals surface area contributed by atoms with E-state index in [1.807, 2.05) is 0 Å². The predicted molar refractivity (Wildman–Crippen MR) is 96.3 cm³/mol. The molecule has 0 saturated heterocycles. The first-order valence-electron chi connectivity index (χ1n) is 8.42. The van der Waals surface area contributed by atoms with Crippen LogP contribution in [0.4, 0.5) is 0 Å². The lowest BCUT2D eigenvalue weighted by Crippen LogP contribution is -2.10. The van der Waals surface area contributed by atoms with Gasteiger partial charge < -0.3 is 10.3 Å². The molecule has 23 heavy (non-hydrogen) atoms. The zero-order valence-corrected chi connectivity index (χ0v) is 15.3. The molecule has 0 bridgehead atoms. The average Bonchev–Trinajstić information content (AvgIpc) is 2.86. The van der Waals surface area contributed by atoms with Crippen molar-refractivity contribution in [3.05, 3.63) is 33.9 Å². The molecule has 0 atom stereocenters. The van der Waals surface area contributed by atoms with Crippen molar-refractivity contribution < 1.29 is 9.78 Å². The summed E-state index contributed by atoms with van der Waals surface area (Å²) in [5.41, 5.74) is 9.65. The topological polar surface area (TPSA) is 49.4 Å². The number of halogens is 1. The highest BCUT2D eigenvalue weighted by molar-refractivity contribution is 9.10. The van der Waals surface area contributed by atoms with Crippen molar-refractivity contribution >= 4 is 26.8 Å². The van der Waals surface area contributed by atoms with Gasteiger partial charge in [0.25, 0.3) is 0 Å². The maximum absolute atomic E-state index is 5.84. The van der Waals surface area contributed by atoms with Gasteiger partial charge in [-0.05, 0) is 51.9 Å². The third-order valence-corrected chi connectivity index (χ3v) is 5.67. The van der Waals surface area contributed by atoms with E-state index in [9.17, 15) is 0 Å². The SMILES string of the molecule is COOCc1ccc2c(C3CCCCC3)c(Br)n(CCN)c2c1. The second kappa shape index (κ2) is 7.79. The second-order valence-corrected chi connectivity index (χ2v) is 7.01. The molecule has 1 aromatic heterocycles. The summed E-state index contributed by atoms with van der Waals surface area (Å²) in [6, 6.07) is 6.55. The van der Waals surface area contributed by atoms with E-state index >= 15 is 0 Å². The van der Waals surface area contributed by atoms with Crippen LogP contribution in [0.1, 0.15) is 49.1 Å². The molecule has 1 aliphatic rings. The number of aromatic nitrogens is 1. The third kappa shape index (κ3) is 3.48. The lowest BCUT2D eigenvalue weighted by atomic mass is 9.84. The van der Waals surface area contributed by atoms with Crippen molar-refractivity contribution in [2.45, 2.75) is 51.2 Å². The summed E-state index contributed by atoms with van der Waals surface area (Å²) < 4.78 is 3.50. The Morgan fingerprint density at radius 3 is 2.74 bits per heavy atom. The highest BCUT2D eigenvalue weighted by Gasteiger charge is 2.24. The van der Waals surface area contributed by atoms with E-state index in [4.69, 9.17) is 15.5 Å². The van der Waals surface area contributed by atoms with E-state index in [0.29, 0.717) is 19.1 Å². The molecule has 1 aliphatic carbocycles. The van der Waals surface area contributed by atoms with Crippen LogP contribution in [-0.2, 0) is 22.9 Å². The van der Waals surface area contributed by atoms with Gasteiger partial charge in [-0.15, -0.1) is 0 Å². The van der Waals surface area contributed by atoms with E-state index in [1.165, 1.54) is 60.3 Å². The molecule has 1 fully saturated rings. The van der Waals surface area contributed by atoms with Gasteiger partial charge >= 0.3 is 0 Å². The van der Waals surface area contributed by atoms with Crippen molar-refractivity contribution in [1.82, 2.24) is 4.57 Å². The van der Waals surface area contributed by atoms with E-state index in [1.54, 1.807) is 0 Å². The van der Waals surface area contributed by atoms with E-state index in [2.05, 4.69) is 38.7 Å². The maximum Gasteiger partial charge on any atom is 0.107 e. The van der Waals surface area contributed by atoms with Crippen LogP contribution in [0.5, 0.6) is 0 Å². The molecule has 1 saturated carbocycles. The van der Waals surface area contributed by atoms with Gasteiger partial charge in [0.1, 0.15) is 6.61 Å². The summed E-state index contributed by atoms with van der Waals surface area (Å²) in [6.45, 7) is 1.90. The fourth-order valence-corrected chi connectivity index (χ4v) is 4.64. The van der Waals surface area contributed by atoms with Crippen molar-refractivity contribution in [3.8, 4) is 0 Å². The van der Waals surface area contributed by atoms with Gasteiger partial charge in [0.2, 0.25) is 0 Å². The Hall–Kier alpha value is -0.880. The molecule has 5 heteroatoms. The first-order valence-corrected chi connectivity index (χ1v) is 9.21. The highest BCUT2D eigenvalue weighted by atomic mass is 79.9. The molecular weight excluding hydrogens is 356 g/mol. The number of hydrogen-bond acceptors (Lipinski definition) is 3. The normalized spacial score (nSPS) is 16.3. The lowest BCUT2D eigenvalue weighted by molar-refractivity contribution is -0.282. The summed E-state index contributed by atoms with van der Waals surface area (Å²) in [6.07, 6.45) is 6.61. The molecular formula is C18H25BrN2O2. The van der Waals surface area contributed by atoms with Gasteiger partial charge in [-0.3, -0.25) is 0 Å². The standard InChI is InChI=1S/C18H25BrN2O2/c1-22-23-12-13-7-8-15-16(11-13)21(10-9-20)18(19)17(15)14-5-3-2-4-6-14/h7-8,11,14H,2-6,9-10,12,20H2,1H3. The largest absolute Gasteiger partial charge is 0.334 e. The van der Waals surface area contributed by atoms with Gasteiger partial charge in [0, 0.05) is 24.0 Å². The second-order valence-electron chi connectivity index (χ2n) is 6.26. The fraction of sp³-hybridized carbons (Fsp3) is 0.556. The van der Waals surface area contributed by atoms with Crippen LogP contribution in [0.3, 0.4) is 0 Å². The quantitative estimate of drug-likeness (QED) is 0.593. The Bertz CT molecular complexity index is 663. The summed E-state index contributed by atoms with van der Waals surface area (Å²) in [7, 11) is 1.54. The van der Waals surface area contributed by atoms with Crippen molar-refractivity contribution in [1.29, 1.82) is 0 Å². The highest BCUT2D eigenvalue weighted by Crippen LogP contribution is 2.42. The van der Waals surface area contributed by atoms with Gasteiger partial charge in [0.05, 0.1) is 11.7 Å². The Balaban J connectivity index is 2.06. The zero-order valence-electron chi connectivity index (χ0n) is 13.7. The van der Waals surface area contributed by atoms with Crippen molar-refractivity contribution in [2.75, 3.05) is 13.7 Å². The maximum atomic E-state index is 5.84. The van der Waals surface area contributed by atoms with Crippen LogP contribution in [0.25, 0.3) is 10.9 Å². The molecule has 0 aliphatic heterocycles. The molecule has 1 aromatic carbocycles. The third-order valence-electron chi connectivity index (χ3n) is 4.81. The molecule has 126 valence electrons. The summed E-state index contributed by atoms with van der Waals surface area (Å²) >= 11 is 3.86.